The molecule has 0 aliphatic heterocycles. The standard InChI is InChI=1S/C12H17N3O3/c1-7-4-5-10(18-3)9(6-7)14-12(16)8(2)11(13)15-17/h4-6,8,17H,1-3H3,(H2,13,15)(H,14,16). The van der Waals surface area contributed by atoms with Crippen LogP contribution in [0.5, 0.6) is 5.75 Å². The highest BCUT2D eigenvalue weighted by Crippen LogP contribution is 2.25. The summed E-state index contributed by atoms with van der Waals surface area (Å²) in [6.07, 6.45) is 0. The van der Waals surface area contributed by atoms with Gasteiger partial charge in [-0.2, -0.15) is 0 Å². The van der Waals surface area contributed by atoms with Crippen LogP contribution in [-0.2, 0) is 4.79 Å². The van der Waals surface area contributed by atoms with Crippen molar-refractivity contribution in [3.63, 3.8) is 0 Å². The topological polar surface area (TPSA) is 96.9 Å². The fourth-order valence-corrected chi connectivity index (χ4v) is 1.38. The van der Waals surface area contributed by atoms with Gasteiger partial charge in [0.25, 0.3) is 0 Å². The van der Waals surface area contributed by atoms with Crippen LogP contribution in [-0.4, -0.2) is 24.1 Å². The maximum Gasteiger partial charge on any atom is 0.235 e. The number of oxime groups is 1. The van der Waals surface area contributed by atoms with Crippen LogP contribution < -0.4 is 15.8 Å². The predicted molar refractivity (Wildman–Crippen MR) is 68.9 cm³/mol. The molecule has 4 N–H and O–H groups in total. The van der Waals surface area contributed by atoms with Crippen LogP contribution in [0.25, 0.3) is 0 Å². The minimum Gasteiger partial charge on any atom is -0.495 e. The van der Waals surface area contributed by atoms with E-state index in [0.29, 0.717) is 11.4 Å². The molecule has 0 aromatic heterocycles. The molecule has 98 valence electrons. The third-order valence-corrected chi connectivity index (χ3v) is 2.57. The first kappa shape index (κ1) is 13.8. The number of nitrogens with zero attached hydrogens (tertiary/aromatic N) is 1. The lowest BCUT2D eigenvalue weighted by Gasteiger charge is -2.14. The summed E-state index contributed by atoms with van der Waals surface area (Å²) in [5, 5.41) is 14.0. The van der Waals surface area contributed by atoms with E-state index in [0.717, 1.165) is 5.56 Å². The van der Waals surface area contributed by atoms with Gasteiger partial charge in [-0.15, -0.1) is 0 Å². The monoisotopic (exact) mass is 251 g/mol. The number of methoxy groups -OCH3 is 1. The Morgan fingerprint density at radius 3 is 2.78 bits per heavy atom. The molecule has 1 atom stereocenters. The molecule has 0 saturated carbocycles. The normalized spacial score (nSPS) is 12.9. The Bertz CT molecular complexity index is 472. The van der Waals surface area contributed by atoms with Crippen molar-refractivity contribution in [1.82, 2.24) is 0 Å². The molecule has 0 spiro atoms. The molecule has 0 aliphatic carbocycles. The summed E-state index contributed by atoms with van der Waals surface area (Å²) in [6, 6.07) is 5.43. The summed E-state index contributed by atoms with van der Waals surface area (Å²) in [7, 11) is 1.52. The molecule has 1 aromatic carbocycles. The highest BCUT2D eigenvalue weighted by molar-refractivity contribution is 6.07. The molecular formula is C12H17N3O3. The lowest BCUT2D eigenvalue weighted by Crippen LogP contribution is -2.32. The number of amides is 1. The van der Waals surface area contributed by atoms with Crippen molar-refractivity contribution in [3.05, 3.63) is 23.8 Å². The van der Waals surface area contributed by atoms with Gasteiger partial charge in [-0.3, -0.25) is 4.79 Å². The van der Waals surface area contributed by atoms with Crippen molar-refractivity contribution in [2.24, 2.45) is 16.8 Å². The molecule has 1 unspecified atom stereocenters. The first-order chi connectivity index (χ1) is 8.49. The van der Waals surface area contributed by atoms with Crippen molar-refractivity contribution in [1.29, 1.82) is 0 Å². The molecule has 0 fully saturated rings. The van der Waals surface area contributed by atoms with E-state index in [-0.39, 0.29) is 11.7 Å². The van der Waals surface area contributed by atoms with Gasteiger partial charge in [0.2, 0.25) is 5.91 Å². The molecule has 1 amide bonds. The molecular weight excluding hydrogens is 234 g/mol. The average Bonchev–Trinajstić information content (AvgIpc) is 2.37. The molecule has 0 radical (unpaired) electrons. The van der Waals surface area contributed by atoms with Gasteiger partial charge in [0.15, 0.2) is 5.84 Å². The van der Waals surface area contributed by atoms with Crippen LogP contribution in [0.3, 0.4) is 0 Å². The first-order valence-corrected chi connectivity index (χ1v) is 5.42. The van der Waals surface area contributed by atoms with Gasteiger partial charge in [-0.05, 0) is 31.5 Å². The highest BCUT2D eigenvalue weighted by Gasteiger charge is 2.18. The molecule has 6 heteroatoms. The maximum absolute atomic E-state index is 11.9. The Labute approximate surface area is 105 Å². The smallest absolute Gasteiger partial charge is 0.235 e. The molecule has 1 aromatic rings. The van der Waals surface area contributed by atoms with Crippen molar-refractivity contribution in [2.75, 3.05) is 12.4 Å². The van der Waals surface area contributed by atoms with E-state index < -0.39 is 5.92 Å². The number of ether oxygens (including phenoxy) is 1. The number of nitrogens with one attached hydrogen (secondary N) is 1. The van der Waals surface area contributed by atoms with Crippen LogP contribution in [0.1, 0.15) is 12.5 Å². The summed E-state index contributed by atoms with van der Waals surface area (Å²) in [5.74, 6) is -0.672. The van der Waals surface area contributed by atoms with Crippen LogP contribution in [0, 0.1) is 12.8 Å². The molecule has 0 heterocycles. The fourth-order valence-electron chi connectivity index (χ4n) is 1.38. The number of benzene rings is 1. The van der Waals surface area contributed by atoms with E-state index in [4.69, 9.17) is 15.7 Å². The molecule has 0 saturated heterocycles. The van der Waals surface area contributed by atoms with Crippen LogP contribution >= 0.6 is 0 Å². The first-order valence-electron chi connectivity index (χ1n) is 5.42. The minimum absolute atomic E-state index is 0.140. The van der Waals surface area contributed by atoms with Crippen LogP contribution in [0.15, 0.2) is 23.4 Å². The van der Waals surface area contributed by atoms with Gasteiger partial charge in [0.1, 0.15) is 5.75 Å². The number of carbonyl (C=O) groups is 1. The number of nitrogens with two attached hydrogens (primary N) is 1. The van der Waals surface area contributed by atoms with E-state index in [9.17, 15) is 4.79 Å². The largest absolute Gasteiger partial charge is 0.495 e. The van der Waals surface area contributed by atoms with Gasteiger partial charge in [0.05, 0.1) is 18.7 Å². The number of rotatable bonds is 4. The van der Waals surface area contributed by atoms with E-state index >= 15 is 0 Å². The Hall–Kier alpha value is -2.24. The number of hydrogen-bond donors (Lipinski definition) is 3. The highest BCUT2D eigenvalue weighted by atomic mass is 16.5. The average molecular weight is 251 g/mol. The van der Waals surface area contributed by atoms with E-state index in [1.54, 1.807) is 19.1 Å². The second-order valence-electron chi connectivity index (χ2n) is 3.94. The van der Waals surface area contributed by atoms with E-state index in [1.165, 1.54) is 7.11 Å². The van der Waals surface area contributed by atoms with Gasteiger partial charge in [-0.1, -0.05) is 11.2 Å². The summed E-state index contributed by atoms with van der Waals surface area (Å²) in [4.78, 5) is 11.9. The third-order valence-electron chi connectivity index (χ3n) is 2.57. The van der Waals surface area contributed by atoms with Crippen molar-refractivity contribution >= 4 is 17.4 Å². The SMILES string of the molecule is COc1ccc(C)cc1NC(=O)C(C)/C(N)=N/O. The van der Waals surface area contributed by atoms with Crippen LogP contribution in [0.2, 0.25) is 0 Å². The second-order valence-corrected chi connectivity index (χ2v) is 3.94. The van der Waals surface area contributed by atoms with Gasteiger partial charge in [-0.25, -0.2) is 0 Å². The van der Waals surface area contributed by atoms with Gasteiger partial charge >= 0.3 is 0 Å². The zero-order valence-electron chi connectivity index (χ0n) is 10.6. The number of hydrogen-bond acceptors (Lipinski definition) is 4. The summed E-state index contributed by atoms with van der Waals surface area (Å²) < 4.78 is 5.14. The molecule has 6 nitrogen and oxygen atoms in total. The molecule has 18 heavy (non-hydrogen) atoms. The van der Waals surface area contributed by atoms with Gasteiger partial charge in [0, 0.05) is 0 Å². The Balaban J connectivity index is 2.91. The summed E-state index contributed by atoms with van der Waals surface area (Å²) >= 11 is 0. The number of anilines is 1. The second kappa shape index (κ2) is 5.90. The van der Waals surface area contributed by atoms with E-state index in [1.807, 2.05) is 13.0 Å². The lowest BCUT2D eigenvalue weighted by atomic mass is 10.1. The van der Waals surface area contributed by atoms with Crippen molar-refractivity contribution in [3.8, 4) is 5.75 Å². The third kappa shape index (κ3) is 3.13. The fraction of sp³-hybridized carbons (Fsp3) is 0.333. The minimum atomic E-state index is -0.722. The van der Waals surface area contributed by atoms with Crippen LogP contribution in [0.4, 0.5) is 5.69 Å². The molecule has 0 bridgehead atoms. The Kier molecular flexibility index (Phi) is 4.53. The number of carbonyl (C=O) groups excluding carboxylic acids is 1. The van der Waals surface area contributed by atoms with Gasteiger partial charge < -0.3 is 21.0 Å². The quantitative estimate of drug-likeness (QED) is 0.325. The van der Waals surface area contributed by atoms with Crippen molar-refractivity contribution < 1.29 is 14.7 Å². The molecule has 0 aliphatic rings. The number of aryl methyl sites for hydroxylation is 1. The zero-order chi connectivity index (χ0) is 13.7. The zero-order valence-corrected chi connectivity index (χ0v) is 10.6. The maximum atomic E-state index is 11.9. The predicted octanol–water partition coefficient (Wildman–Crippen LogP) is 1.32. The lowest BCUT2D eigenvalue weighted by molar-refractivity contribution is -0.117. The summed E-state index contributed by atoms with van der Waals surface area (Å²) in [5.41, 5.74) is 6.92. The van der Waals surface area contributed by atoms with E-state index in [2.05, 4.69) is 10.5 Å². The Morgan fingerprint density at radius 2 is 2.22 bits per heavy atom. The van der Waals surface area contributed by atoms with Crippen molar-refractivity contribution in [2.45, 2.75) is 13.8 Å². The number of amidine groups is 1. The summed E-state index contributed by atoms with van der Waals surface area (Å²) in [6.45, 7) is 3.45. The Morgan fingerprint density at radius 1 is 1.56 bits per heavy atom. The molecule has 1 rings (SSSR count).